The van der Waals surface area contributed by atoms with E-state index in [1.165, 1.54) is 37.4 Å². The van der Waals surface area contributed by atoms with E-state index in [0.717, 1.165) is 6.07 Å². The van der Waals surface area contributed by atoms with Crippen molar-refractivity contribution in [1.29, 1.82) is 0 Å². The highest BCUT2D eigenvalue weighted by Crippen LogP contribution is 2.30. The number of hydrogen-bond acceptors (Lipinski definition) is 3. The van der Waals surface area contributed by atoms with Gasteiger partial charge in [-0.05, 0) is 30.3 Å². The summed E-state index contributed by atoms with van der Waals surface area (Å²) in [6, 6.07) is 7.88. The van der Waals surface area contributed by atoms with Crippen LogP contribution < -0.4 is 15.8 Å². The summed E-state index contributed by atoms with van der Waals surface area (Å²) in [5.74, 6) is -2.70. The highest BCUT2D eigenvalue weighted by molar-refractivity contribution is 5.95. The second kappa shape index (κ2) is 5.56. The van der Waals surface area contributed by atoms with Gasteiger partial charge in [-0.15, -0.1) is 0 Å². The molecule has 0 spiro atoms. The first-order valence-corrected chi connectivity index (χ1v) is 5.76. The first-order valence-electron chi connectivity index (χ1n) is 5.76. The van der Waals surface area contributed by atoms with Crippen LogP contribution in [0, 0.1) is 11.6 Å². The molecule has 0 atom stereocenters. The number of benzene rings is 2. The highest BCUT2D eigenvalue weighted by Gasteiger charge is 2.13. The number of nitrogen functional groups attached to an aromatic ring is 1. The summed E-state index contributed by atoms with van der Waals surface area (Å²) in [7, 11) is 1.48. The minimum Gasteiger partial charge on any atom is -0.452 e. The fraction of sp³-hybridized carbons (Fsp3) is 0.0714. The third-order valence-electron chi connectivity index (χ3n) is 2.64. The van der Waals surface area contributed by atoms with Crippen LogP contribution in [0.2, 0.25) is 0 Å². The number of amides is 1. The molecule has 0 aliphatic carbocycles. The number of carbonyl (C=O) groups is 1. The van der Waals surface area contributed by atoms with Crippen molar-refractivity contribution in [3.63, 3.8) is 0 Å². The molecule has 2 rings (SSSR count). The molecule has 0 radical (unpaired) electrons. The van der Waals surface area contributed by atoms with E-state index in [-0.39, 0.29) is 23.1 Å². The molecule has 6 heteroatoms. The summed E-state index contributed by atoms with van der Waals surface area (Å²) in [5.41, 5.74) is 6.20. The molecular weight excluding hydrogens is 266 g/mol. The van der Waals surface area contributed by atoms with Crippen molar-refractivity contribution in [3.05, 3.63) is 53.6 Å². The lowest BCUT2D eigenvalue weighted by molar-refractivity contribution is 0.0963. The Morgan fingerprint density at radius 1 is 1.20 bits per heavy atom. The molecule has 104 valence electrons. The molecule has 2 aromatic rings. The van der Waals surface area contributed by atoms with Crippen LogP contribution in [-0.4, -0.2) is 13.0 Å². The summed E-state index contributed by atoms with van der Waals surface area (Å²) >= 11 is 0. The van der Waals surface area contributed by atoms with E-state index in [2.05, 4.69) is 5.32 Å². The number of anilines is 1. The number of carbonyl (C=O) groups excluding carboxylic acids is 1. The average Bonchev–Trinajstić information content (AvgIpc) is 2.45. The van der Waals surface area contributed by atoms with E-state index < -0.39 is 11.6 Å². The van der Waals surface area contributed by atoms with Crippen molar-refractivity contribution >= 4 is 11.6 Å². The van der Waals surface area contributed by atoms with Crippen molar-refractivity contribution in [3.8, 4) is 11.5 Å². The van der Waals surface area contributed by atoms with E-state index in [4.69, 9.17) is 10.5 Å². The zero-order valence-corrected chi connectivity index (χ0v) is 10.6. The Balaban J connectivity index is 2.38. The fourth-order valence-corrected chi connectivity index (χ4v) is 1.59. The number of ether oxygens (including phenoxy) is 1. The van der Waals surface area contributed by atoms with Crippen LogP contribution >= 0.6 is 0 Å². The SMILES string of the molecule is CNC(=O)c1ccc(N)c(Oc2cccc(F)c2F)c1. The average molecular weight is 278 g/mol. The molecule has 20 heavy (non-hydrogen) atoms. The molecule has 0 fully saturated rings. The minimum atomic E-state index is -1.11. The topological polar surface area (TPSA) is 64.4 Å². The molecule has 0 saturated heterocycles. The van der Waals surface area contributed by atoms with Gasteiger partial charge < -0.3 is 15.8 Å². The second-order valence-electron chi connectivity index (χ2n) is 3.99. The van der Waals surface area contributed by atoms with Crippen LogP contribution in [0.15, 0.2) is 36.4 Å². The summed E-state index contributed by atoms with van der Waals surface area (Å²) in [6.07, 6.45) is 0. The molecule has 0 saturated carbocycles. The van der Waals surface area contributed by atoms with E-state index in [0.29, 0.717) is 5.56 Å². The minimum absolute atomic E-state index is 0.0793. The maximum absolute atomic E-state index is 13.5. The Bertz CT molecular complexity index is 660. The molecule has 3 N–H and O–H groups in total. The number of nitrogens with one attached hydrogen (secondary N) is 1. The Morgan fingerprint density at radius 3 is 2.65 bits per heavy atom. The Kier molecular flexibility index (Phi) is 3.84. The van der Waals surface area contributed by atoms with Crippen LogP contribution in [0.5, 0.6) is 11.5 Å². The standard InChI is InChI=1S/C14H12F2N2O2/c1-18-14(19)8-5-6-10(17)12(7-8)20-11-4-2-3-9(15)13(11)16/h2-7H,17H2,1H3,(H,18,19). The summed E-state index contributed by atoms with van der Waals surface area (Å²) in [5, 5.41) is 2.44. The summed E-state index contributed by atoms with van der Waals surface area (Å²) in [6.45, 7) is 0. The van der Waals surface area contributed by atoms with Gasteiger partial charge in [0.05, 0.1) is 5.69 Å². The van der Waals surface area contributed by atoms with Crippen molar-refractivity contribution in [2.24, 2.45) is 0 Å². The van der Waals surface area contributed by atoms with Crippen LogP contribution in [0.25, 0.3) is 0 Å². The van der Waals surface area contributed by atoms with Gasteiger partial charge in [0.15, 0.2) is 17.3 Å². The number of hydrogen-bond donors (Lipinski definition) is 2. The molecule has 0 aliphatic rings. The fourth-order valence-electron chi connectivity index (χ4n) is 1.59. The first-order chi connectivity index (χ1) is 9.52. The quantitative estimate of drug-likeness (QED) is 0.848. The van der Waals surface area contributed by atoms with Gasteiger partial charge in [-0.3, -0.25) is 4.79 Å². The van der Waals surface area contributed by atoms with Crippen LogP contribution in [0.4, 0.5) is 14.5 Å². The van der Waals surface area contributed by atoms with E-state index >= 15 is 0 Å². The van der Waals surface area contributed by atoms with Gasteiger partial charge >= 0.3 is 0 Å². The lowest BCUT2D eigenvalue weighted by Crippen LogP contribution is -2.17. The normalized spacial score (nSPS) is 10.2. The van der Waals surface area contributed by atoms with Gasteiger partial charge in [0.25, 0.3) is 5.91 Å². The maximum Gasteiger partial charge on any atom is 0.251 e. The molecule has 0 aliphatic heterocycles. The van der Waals surface area contributed by atoms with Gasteiger partial charge in [-0.25, -0.2) is 4.39 Å². The molecule has 4 nitrogen and oxygen atoms in total. The maximum atomic E-state index is 13.5. The Morgan fingerprint density at radius 2 is 1.95 bits per heavy atom. The van der Waals surface area contributed by atoms with Crippen LogP contribution in [0.1, 0.15) is 10.4 Å². The Hall–Kier alpha value is -2.63. The first kappa shape index (κ1) is 13.8. The molecular formula is C14H12F2N2O2. The second-order valence-corrected chi connectivity index (χ2v) is 3.99. The van der Waals surface area contributed by atoms with E-state index in [9.17, 15) is 13.6 Å². The third-order valence-corrected chi connectivity index (χ3v) is 2.64. The van der Waals surface area contributed by atoms with Gasteiger partial charge in [-0.2, -0.15) is 4.39 Å². The van der Waals surface area contributed by atoms with Gasteiger partial charge in [0.2, 0.25) is 5.82 Å². The Labute approximate surface area is 114 Å². The monoisotopic (exact) mass is 278 g/mol. The molecule has 0 aromatic heterocycles. The summed E-state index contributed by atoms with van der Waals surface area (Å²) in [4.78, 5) is 11.5. The third kappa shape index (κ3) is 2.69. The highest BCUT2D eigenvalue weighted by atomic mass is 19.2. The van der Waals surface area contributed by atoms with Gasteiger partial charge in [0, 0.05) is 12.6 Å². The predicted octanol–water partition coefficient (Wildman–Crippen LogP) is 2.70. The summed E-state index contributed by atoms with van der Waals surface area (Å²) < 4.78 is 31.9. The molecule has 1 amide bonds. The molecule has 0 unspecified atom stereocenters. The molecule has 0 bridgehead atoms. The largest absolute Gasteiger partial charge is 0.452 e. The number of rotatable bonds is 3. The van der Waals surface area contributed by atoms with Gasteiger partial charge in [0.1, 0.15) is 0 Å². The van der Waals surface area contributed by atoms with Gasteiger partial charge in [-0.1, -0.05) is 6.07 Å². The van der Waals surface area contributed by atoms with Crippen molar-refractivity contribution in [2.75, 3.05) is 12.8 Å². The number of nitrogens with two attached hydrogens (primary N) is 1. The molecule has 0 heterocycles. The zero-order chi connectivity index (χ0) is 14.7. The van der Waals surface area contributed by atoms with E-state index in [1.54, 1.807) is 0 Å². The van der Waals surface area contributed by atoms with Crippen molar-refractivity contribution in [1.82, 2.24) is 5.32 Å². The van der Waals surface area contributed by atoms with Crippen LogP contribution in [0.3, 0.4) is 0 Å². The lowest BCUT2D eigenvalue weighted by atomic mass is 10.2. The lowest BCUT2D eigenvalue weighted by Gasteiger charge is -2.11. The van der Waals surface area contributed by atoms with Crippen molar-refractivity contribution < 1.29 is 18.3 Å². The number of halogens is 2. The van der Waals surface area contributed by atoms with Crippen LogP contribution in [-0.2, 0) is 0 Å². The smallest absolute Gasteiger partial charge is 0.251 e. The molecule has 2 aromatic carbocycles. The zero-order valence-electron chi connectivity index (χ0n) is 10.6. The van der Waals surface area contributed by atoms with Crippen molar-refractivity contribution in [2.45, 2.75) is 0 Å². The van der Waals surface area contributed by atoms with E-state index in [1.807, 2.05) is 0 Å². The predicted molar refractivity (Wildman–Crippen MR) is 70.7 cm³/mol.